The molecule has 6 nitrogen and oxygen atoms in total. The van der Waals surface area contributed by atoms with E-state index in [1.807, 2.05) is 6.92 Å². The molecule has 1 aliphatic heterocycles. The molecule has 3 aliphatic carbocycles. The zero-order valence-electron chi connectivity index (χ0n) is 16.0. The average molecular weight is 413 g/mol. The van der Waals surface area contributed by atoms with Crippen LogP contribution in [0.25, 0.3) is 0 Å². The maximum atomic E-state index is 12.8. The quantitative estimate of drug-likeness (QED) is 0.311. The number of hydrazone groups is 1. The highest BCUT2D eigenvalue weighted by Gasteiger charge is 2.56. The van der Waals surface area contributed by atoms with Gasteiger partial charge in [0.2, 0.25) is 0 Å². The number of benzene rings is 1. The van der Waals surface area contributed by atoms with E-state index in [-0.39, 0.29) is 42.1 Å². The molecule has 1 saturated carbocycles. The van der Waals surface area contributed by atoms with E-state index in [9.17, 15) is 9.59 Å². The molecule has 5 rings (SSSR count). The maximum absolute atomic E-state index is 12.8. The van der Waals surface area contributed by atoms with Gasteiger partial charge in [0, 0.05) is 0 Å². The Kier molecular flexibility index (Phi) is 5.33. The third-order valence-corrected chi connectivity index (χ3v) is 5.97. The van der Waals surface area contributed by atoms with Gasteiger partial charge in [-0.25, -0.2) is 0 Å². The Morgan fingerprint density at radius 1 is 1.21 bits per heavy atom. The number of hydrogen-bond acceptors (Lipinski definition) is 5. The van der Waals surface area contributed by atoms with Crippen molar-refractivity contribution in [2.45, 2.75) is 19.8 Å². The van der Waals surface area contributed by atoms with Crippen LogP contribution in [0, 0.1) is 36.0 Å². The van der Waals surface area contributed by atoms with E-state index in [1.165, 1.54) is 6.21 Å². The minimum atomic E-state index is -0.287. The number of halogens is 1. The number of rotatable bonds is 6. The summed E-state index contributed by atoms with van der Waals surface area (Å²) in [7, 11) is 0. The van der Waals surface area contributed by atoms with Gasteiger partial charge in [-0.05, 0) is 49.3 Å². The number of imide groups is 1. The normalized spacial score (nSPS) is 27.4. The van der Waals surface area contributed by atoms with E-state index >= 15 is 0 Å². The van der Waals surface area contributed by atoms with Crippen LogP contribution in [0.2, 0.25) is 5.02 Å². The summed E-state index contributed by atoms with van der Waals surface area (Å²) in [4.78, 5) is 25.7. The minimum absolute atomic E-state index is 0.0587. The van der Waals surface area contributed by atoms with Crippen molar-refractivity contribution in [2.75, 3.05) is 13.2 Å². The standard InChI is InChI=1S/C22H21ClN2O4/c1-3-9-29-20-16(23)10-13(11-17(20)28-4-2)12-24-25-21(26)18-14-5-6-15(8-7-14)19(18)22(25)27/h1,5-6,10-12,14-15,18-19H,4,7-9H2,2H3/b24-12-/t14-,15-,18-,19-/m0/s1. The van der Waals surface area contributed by atoms with Gasteiger partial charge in [-0.15, -0.1) is 6.42 Å². The highest BCUT2D eigenvalue weighted by atomic mass is 35.5. The van der Waals surface area contributed by atoms with Gasteiger partial charge in [-0.3, -0.25) is 9.59 Å². The van der Waals surface area contributed by atoms with Crippen molar-refractivity contribution in [3.05, 3.63) is 34.9 Å². The van der Waals surface area contributed by atoms with Crippen molar-refractivity contribution in [3.63, 3.8) is 0 Å². The molecular weight excluding hydrogens is 392 g/mol. The number of allylic oxidation sites excluding steroid dienone is 2. The summed E-state index contributed by atoms with van der Waals surface area (Å²) in [5.74, 6) is 2.41. The van der Waals surface area contributed by atoms with Gasteiger partial charge in [0.1, 0.15) is 6.61 Å². The van der Waals surface area contributed by atoms with Gasteiger partial charge in [-0.2, -0.15) is 10.1 Å². The van der Waals surface area contributed by atoms with E-state index in [2.05, 4.69) is 23.2 Å². The zero-order valence-corrected chi connectivity index (χ0v) is 16.8. The first-order chi connectivity index (χ1) is 14.0. The largest absolute Gasteiger partial charge is 0.490 e. The summed E-state index contributed by atoms with van der Waals surface area (Å²) in [6.07, 6.45) is 12.7. The number of amides is 2. The molecule has 0 unspecified atom stereocenters. The summed E-state index contributed by atoms with van der Waals surface area (Å²) in [5.41, 5.74) is 0.586. The Morgan fingerprint density at radius 2 is 1.86 bits per heavy atom. The number of ether oxygens (including phenoxy) is 2. The molecule has 7 heteroatoms. The van der Waals surface area contributed by atoms with Crippen molar-refractivity contribution in [2.24, 2.45) is 28.8 Å². The van der Waals surface area contributed by atoms with Crippen LogP contribution >= 0.6 is 11.6 Å². The van der Waals surface area contributed by atoms with Crippen LogP contribution in [0.3, 0.4) is 0 Å². The molecule has 2 amide bonds. The number of carbonyl (C=O) groups excluding carboxylic acids is 2. The molecule has 0 radical (unpaired) electrons. The third kappa shape index (κ3) is 3.40. The summed E-state index contributed by atoms with van der Waals surface area (Å²) in [5, 5.41) is 5.53. The Morgan fingerprint density at radius 3 is 2.41 bits per heavy atom. The van der Waals surface area contributed by atoms with Crippen molar-refractivity contribution in [1.82, 2.24) is 5.01 Å². The fourth-order valence-corrected chi connectivity index (χ4v) is 4.75. The van der Waals surface area contributed by atoms with E-state index in [1.54, 1.807) is 12.1 Å². The molecule has 0 N–H and O–H groups in total. The molecule has 1 aromatic carbocycles. The molecule has 2 fully saturated rings. The van der Waals surface area contributed by atoms with Gasteiger partial charge in [0.05, 0.1) is 29.7 Å². The second-order valence-electron chi connectivity index (χ2n) is 7.33. The Bertz CT molecular complexity index is 917. The second kappa shape index (κ2) is 7.92. The first-order valence-electron chi connectivity index (χ1n) is 9.67. The molecule has 2 bridgehead atoms. The molecule has 150 valence electrons. The van der Waals surface area contributed by atoms with Crippen LogP contribution in [0.5, 0.6) is 11.5 Å². The molecule has 29 heavy (non-hydrogen) atoms. The lowest BCUT2D eigenvalue weighted by Crippen LogP contribution is -2.38. The van der Waals surface area contributed by atoms with Crippen molar-refractivity contribution in [1.29, 1.82) is 0 Å². The smallest absolute Gasteiger partial charge is 0.254 e. The topological polar surface area (TPSA) is 68.2 Å². The number of fused-ring (bicyclic) bond motifs is 1. The highest BCUT2D eigenvalue weighted by Crippen LogP contribution is 2.49. The van der Waals surface area contributed by atoms with Crippen molar-refractivity contribution < 1.29 is 19.1 Å². The molecule has 4 aliphatic rings. The summed E-state index contributed by atoms with van der Waals surface area (Å²) in [6, 6.07) is 3.32. The maximum Gasteiger partial charge on any atom is 0.254 e. The summed E-state index contributed by atoms with van der Waals surface area (Å²) < 4.78 is 11.1. The lowest BCUT2D eigenvalue weighted by molar-refractivity contribution is -0.140. The third-order valence-electron chi connectivity index (χ3n) is 5.69. The predicted octanol–water partition coefficient (Wildman–Crippen LogP) is 3.28. The molecule has 0 spiro atoms. The lowest BCUT2D eigenvalue weighted by atomic mass is 9.63. The van der Waals surface area contributed by atoms with Gasteiger partial charge >= 0.3 is 0 Å². The Labute approximate surface area is 174 Å². The van der Waals surface area contributed by atoms with Crippen molar-refractivity contribution in [3.8, 4) is 23.8 Å². The second-order valence-corrected chi connectivity index (χ2v) is 7.74. The summed E-state index contributed by atoms with van der Waals surface area (Å²) in [6.45, 7) is 2.31. The first kappa shape index (κ1) is 19.5. The number of hydrogen-bond donors (Lipinski definition) is 0. The molecule has 0 aromatic heterocycles. The van der Waals surface area contributed by atoms with Crippen LogP contribution in [0.1, 0.15) is 25.3 Å². The van der Waals surface area contributed by atoms with Crippen LogP contribution in [0.4, 0.5) is 0 Å². The molecule has 1 heterocycles. The van der Waals surface area contributed by atoms with Crippen LogP contribution < -0.4 is 9.47 Å². The van der Waals surface area contributed by atoms with E-state index in [0.29, 0.717) is 28.7 Å². The van der Waals surface area contributed by atoms with Gasteiger partial charge < -0.3 is 9.47 Å². The predicted molar refractivity (Wildman–Crippen MR) is 109 cm³/mol. The fraction of sp³-hybridized carbons (Fsp3) is 0.409. The van der Waals surface area contributed by atoms with Gasteiger partial charge in [0.25, 0.3) is 11.8 Å². The van der Waals surface area contributed by atoms with Gasteiger partial charge in [0.15, 0.2) is 11.5 Å². The fourth-order valence-electron chi connectivity index (χ4n) is 4.48. The van der Waals surface area contributed by atoms with Crippen molar-refractivity contribution >= 4 is 29.6 Å². The minimum Gasteiger partial charge on any atom is -0.490 e. The Balaban J connectivity index is 1.58. The highest BCUT2D eigenvalue weighted by molar-refractivity contribution is 6.32. The van der Waals surface area contributed by atoms with Crippen LogP contribution in [0.15, 0.2) is 29.4 Å². The molecule has 1 aromatic rings. The van der Waals surface area contributed by atoms with Crippen LogP contribution in [-0.2, 0) is 9.59 Å². The van der Waals surface area contributed by atoms with E-state index in [0.717, 1.165) is 17.9 Å². The zero-order chi connectivity index (χ0) is 20.5. The molecule has 4 atom stereocenters. The molecule has 1 saturated heterocycles. The SMILES string of the molecule is C#CCOc1c(Cl)cc(/C=N\N2C(=O)[C@@H]3[C@@H](C2=O)[C@H]2C=C[C@H]3CC2)cc1OCC. The number of terminal acetylenes is 1. The van der Waals surface area contributed by atoms with E-state index < -0.39 is 0 Å². The first-order valence-corrected chi connectivity index (χ1v) is 10.1. The Hall–Kier alpha value is -2.78. The monoisotopic (exact) mass is 412 g/mol. The van der Waals surface area contributed by atoms with Crippen LogP contribution in [-0.4, -0.2) is 36.3 Å². The van der Waals surface area contributed by atoms with E-state index in [4.69, 9.17) is 27.5 Å². The number of carbonyl (C=O) groups is 2. The lowest BCUT2D eigenvalue weighted by Gasteiger charge is -2.37. The molecular formula is C22H21ClN2O4. The summed E-state index contributed by atoms with van der Waals surface area (Å²) >= 11 is 6.31. The van der Waals surface area contributed by atoms with Gasteiger partial charge in [-0.1, -0.05) is 29.7 Å². The average Bonchev–Trinajstić information content (AvgIpc) is 2.99. The number of nitrogens with zero attached hydrogens (tertiary/aromatic N) is 2.